The number of carbonyl (C=O) groups excluding carboxylic acids is 2. The maximum Gasteiger partial charge on any atom is 0.346 e. The monoisotopic (exact) mass is 505 g/mol. The molecule has 0 aliphatic rings. The minimum absolute atomic E-state index is 0.0174. The minimum atomic E-state index is -4.11. The van der Waals surface area contributed by atoms with E-state index in [-0.39, 0.29) is 32.8 Å². The Balaban J connectivity index is 3.63. The van der Waals surface area contributed by atoms with Crippen molar-refractivity contribution in [2.24, 2.45) is 5.92 Å². The normalized spacial score (nSPS) is 14.2. The highest BCUT2D eigenvalue weighted by molar-refractivity contribution is 7.72. The first-order chi connectivity index (χ1) is 15.6. The van der Waals surface area contributed by atoms with Crippen LogP contribution in [0.15, 0.2) is 30.3 Å². The first kappa shape index (κ1) is 29.7. The molecule has 0 aliphatic heterocycles. The maximum atomic E-state index is 14.0. The van der Waals surface area contributed by atoms with Crippen LogP contribution in [0.3, 0.4) is 0 Å². The van der Waals surface area contributed by atoms with Gasteiger partial charge in [-0.15, -0.1) is 0 Å². The van der Waals surface area contributed by atoms with Gasteiger partial charge < -0.3 is 23.4 Å². The van der Waals surface area contributed by atoms with E-state index in [4.69, 9.17) is 18.1 Å². The first-order valence-corrected chi connectivity index (χ1v) is 14.5. The molecule has 0 saturated heterocycles. The zero-order valence-corrected chi connectivity index (χ0v) is 22.1. The Bertz CT molecular complexity index is 798. The fourth-order valence-corrected chi connectivity index (χ4v) is 9.77. The van der Waals surface area contributed by atoms with Crippen LogP contribution in [0.2, 0.25) is 0 Å². The van der Waals surface area contributed by atoms with E-state index in [1.54, 1.807) is 65.0 Å². The Labute approximate surface area is 197 Å². The lowest BCUT2D eigenvalue weighted by atomic mass is 9.95. The molecule has 9 nitrogen and oxygen atoms in total. The quantitative estimate of drug-likeness (QED) is 0.303. The molecule has 1 aromatic carbocycles. The van der Waals surface area contributed by atoms with Crippen LogP contribution in [0.4, 0.5) is 0 Å². The molecule has 0 heterocycles. The summed E-state index contributed by atoms with van der Waals surface area (Å²) >= 11 is 0. The third-order valence-corrected chi connectivity index (χ3v) is 11.2. The summed E-state index contributed by atoms with van der Waals surface area (Å²) < 4.78 is 50.2. The maximum absolute atomic E-state index is 14.0. The highest BCUT2D eigenvalue weighted by atomic mass is 31.2. The molecule has 188 valence electrons. The molecule has 1 aromatic rings. The largest absolute Gasteiger partial charge is 0.346 e. The lowest BCUT2D eigenvalue weighted by molar-refractivity contribution is -0.120. The van der Waals surface area contributed by atoms with Crippen LogP contribution in [0.25, 0.3) is 0 Å². The van der Waals surface area contributed by atoms with Gasteiger partial charge in [0.1, 0.15) is 0 Å². The van der Waals surface area contributed by atoms with Gasteiger partial charge in [-0.2, -0.15) is 0 Å². The second-order valence-corrected chi connectivity index (χ2v) is 11.9. The van der Waals surface area contributed by atoms with Gasteiger partial charge in [-0.3, -0.25) is 18.7 Å². The summed E-state index contributed by atoms with van der Waals surface area (Å²) in [5, 5.41) is 1.31. The van der Waals surface area contributed by atoms with Crippen LogP contribution in [-0.4, -0.2) is 49.6 Å². The summed E-state index contributed by atoms with van der Waals surface area (Å²) in [5.41, 5.74) is 0.353. The zero-order valence-electron chi connectivity index (χ0n) is 20.3. The van der Waals surface area contributed by atoms with E-state index in [1.165, 1.54) is 6.92 Å². The summed E-state index contributed by atoms with van der Waals surface area (Å²) in [6, 6.07) is 7.27. The number of ketones is 1. The first-order valence-electron chi connectivity index (χ1n) is 11.3. The Morgan fingerprint density at radius 1 is 0.818 bits per heavy atom. The molecule has 11 heteroatoms. The van der Waals surface area contributed by atoms with E-state index >= 15 is 0 Å². The molecule has 0 fully saturated rings. The van der Waals surface area contributed by atoms with Crippen molar-refractivity contribution in [3.63, 3.8) is 0 Å². The van der Waals surface area contributed by atoms with Gasteiger partial charge in [0.05, 0.1) is 32.5 Å². The predicted octanol–water partition coefficient (Wildman–Crippen LogP) is 5.26. The number of benzene rings is 1. The number of hydrogen-bond acceptors (Lipinski definition) is 8. The van der Waals surface area contributed by atoms with E-state index in [2.05, 4.69) is 5.32 Å². The molecular weight excluding hydrogens is 468 g/mol. The molecule has 0 radical (unpaired) electrons. The van der Waals surface area contributed by atoms with Crippen molar-refractivity contribution in [3.8, 4) is 0 Å². The van der Waals surface area contributed by atoms with Crippen LogP contribution in [0.5, 0.6) is 0 Å². The summed E-state index contributed by atoms with van der Waals surface area (Å²) in [6.07, 6.45) is 0.220. The Morgan fingerprint density at radius 2 is 1.24 bits per heavy atom. The molecule has 0 spiro atoms. The highest BCUT2D eigenvalue weighted by Gasteiger charge is 2.57. The third-order valence-electron chi connectivity index (χ3n) is 4.93. The fourth-order valence-electron chi connectivity index (χ4n) is 3.68. The van der Waals surface area contributed by atoms with Crippen molar-refractivity contribution < 1.29 is 36.8 Å². The lowest BCUT2D eigenvalue weighted by Crippen LogP contribution is -2.49. The van der Waals surface area contributed by atoms with Crippen molar-refractivity contribution in [3.05, 3.63) is 35.9 Å². The van der Waals surface area contributed by atoms with Gasteiger partial charge in [-0.1, -0.05) is 25.1 Å². The van der Waals surface area contributed by atoms with E-state index in [9.17, 15) is 18.7 Å². The average molecular weight is 505 g/mol. The third kappa shape index (κ3) is 7.84. The van der Waals surface area contributed by atoms with Gasteiger partial charge in [-0.25, -0.2) is 0 Å². The Kier molecular flexibility index (Phi) is 12.7. The van der Waals surface area contributed by atoms with Gasteiger partial charge in [0.2, 0.25) is 0 Å². The van der Waals surface area contributed by atoms with Gasteiger partial charge in [-0.05, 0) is 53.2 Å². The molecule has 0 bridgehead atoms. The fraction of sp³-hybridized carbons (Fsp3) is 0.636. The molecule has 1 rings (SSSR count). The Hall–Kier alpha value is -1.34. The number of nitrogens with one attached hydrogen (secondary N) is 1. The van der Waals surface area contributed by atoms with Crippen molar-refractivity contribution in [2.45, 2.75) is 59.4 Å². The lowest BCUT2D eigenvalue weighted by Gasteiger charge is -2.38. The topological polar surface area (TPSA) is 117 Å². The molecule has 0 unspecified atom stereocenters. The molecule has 0 aliphatic carbocycles. The Morgan fingerprint density at radius 3 is 1.58 bits per heavy atom. The molecule has 1 amide bonds. The van der Waals surface area contributed by atoms with Crippen molar-refractivity contribution in [2.75, 3.05) is 26.4 Å². The van der Waals surface area contributed by atoms with Crippen LogP contribution >= 0.6 is 15.2 Å². The second-order valence-electron chi connectivity index (χ2n) is 7.16. The van der Waals surface area contributed by atoms with Crippen molar-refractivity contribution in [1.82, 2.24) is 5.32 Å². The standard InChI is InChI=1S/C22H37NO8P2/c1-7-19(20(17(6)24)23-21(25)18-15-13-12-14-16-18)22(32(26,28-8-2)29-9-3)33(27,30-10-4)31-11-5/h12-16,19-20,22H,7-11H2,1-6H3,(H,23,25)/t19-,20-/m1/s1. The van der Waals surface area contributed by atoms with Gasteiger partial charge in [0.15, 0.2) is 11.2 Å². The summed E-state index contributed by atoms with van der Waals surface area (Å²) in [5.74, 6) is -1.79. The van der Waals surface area contributed by atoms with Crippen molar-refractivity contribution in [1.29, 1.82) is 0 Å². The summed E-state index contributed by atoms with van der Waals surface area (Å²) in [7, 11) is -8.22. The van der Waals surface area contributed by atoms with Gasteiger partial charge in [0.25, 0.3) is 5.91 Å². The predicted molar refractivity (Wildman–Crippen MR) is 128 cm³/mol. The smallest absolute Gasteiger partial charge is 0.342 e. The molecule has 2 atom stereocenters. The highest BCUT2D eigenvalue weighted by Crippen LogP contribution is 2.73. The van der Waals surface area contributed by atoms with Gasteiger partial charge in [0, 0.05) is 11.5 Å². The van der Waals surface area contributed by atoms with E-state index < -0.39 is 44.2 Å². The van der Waals surface area contributed by atoms with E-state index in [0.717, 1.165) is 0 Å². The van der Waals surface area contributed by atoms with Crippen LogP contribution in [0.1, 0.15) is 58.3 Å². The second kappa shape index (κ2) is 14.1. The minimum Gasteiger partial charge on any atom is -0.342 e. The van der Waals surface area contributed by atoms with Crippen LogP contribution in [0, 0.1) is 5.92 Å². The molecular formula is C22H37NO8P2. The molecule has 33 heavy (non-hydrogen) atoms. The number of amides is 1. The SMILES string of the molecule is CCOP(=O)(OCC)C([C@H](CC)[C@H](NC(=O)c1ccccc1)C(C)=O)P(=O)(OCC)OCC. The number of rotatable bonds is 16. The van der Waals surface area contributed by atoms with E-state index in [0.29, 0.717) is 5.56 Å². The summed E-state index contributed by atoms with van der Waals surface area (Å²) in [6.45, 7) is 9.66. The molecule has 0 aromatic heterocycles. The van der Waals surface area contributed by atoms with E-state index in [1.807, 2.05) is 0 Å². The number of hydrogen-bond donors (Lipinski definition) is 1. The van der Waals surface area contributed by atoms with Crippen molar-refractivity contribution >= 4 is 26.9 Å². The number of Topliss-reactive ketones (excluding diaryl/α,β-unsaturated/α-hetero) is 1. The zero-order chi connectivity index (χ0) is 25.1. The molecule has 1 N–H and O–H groups in total. The van der Waals surface area contributed by atoms with Crippen LogP contribution in [-0.2, 0) is 32.0 Å². The van der Waals surface area contributed by atoms with Gasteiger partial charge >= 0.3 is 15.2 Å². The average Bonchev–Trinajstić information content (AvgIpc) is 2.76. The summed E-state index contributed by atoms with van der Waals surface area (Å²) in [4.78, 5) is 25.6. The number of carbonyl (C=O) groups is 2. The molecule has 0 saturated carbocycles. The van der Waals surface area contributed by atoms with Crippen LogP contribution < -0.4 is 5.32 Å².